The van der Waals surface area contributed by atoms with Crippen LogP contribution in [0.2, 0.25) is 12.6 Å². The highest BCUT2D eigenvalue weighted by molar-refractivity contribution is 6.37. The Kier molecular flexibility index (Phi) is 4.58. The van der Waals surface area contributed by atoms with Gasteiger partial charge in [-0.15, -0.1) is 24.7 Å². The fourth-order valence-electron chi connectivity index (χ4n) is 0.239. The smallest absolute Gasteiger partial charge is 0.121 e. The van der Waals surface area contributed by atoms with E-state index in [2.05, 4.69) is 11.8 Å². The van der Waals surface area contributed by atoms with E-state index in [0.29, 0.717) is 12.6 Å². The molecule has 0 fully saturated rings. The Labute approximate surface area is 45.5 Å². The second kappa shape index (κ2) is 5.18. The van der Waals surface area contributed by atoms with Crippen molar-refractivity contribution in [3.05, 3.63) is 0 Å². The number of hydrogen-bond donors (Lipinski definition) is 0. The van der Waals surface area contributed by atoms with Gasteiger partial charge in [-0.1, -0.05) is 0 Å². The van der Waals surface area contributed by atoms with E-state index < -0.39 is 0 Å². The second-order valence-corrected chi connectivity index (χ2v) is 1.11. The zero-order valence-electron chi connectivity index (χ0n) is 4.15. The van der Waals surface area contributed by atoms with Gasteiger partial charge in [-0.3, -0.25) is 0 Å². The van der Waals surface area contributed by atoms with Crippen LogP contribution in [0.3, 0.4) is 0 Å². The molecule has 0 amide bonds. The monoisotopic (exact) mass is 89.1 g/mol. The molecular formula is C6H6B. The molecule has 0 aromatic heterocycles. The van der Waals surface area contributed by atoms with Crippen LogP contribution >= 0.6 is 0 Å². The molecule has 0 atom stereocenters. The lowest BCUT2D eigenvalue weighted by Gasteiger charge is -1.76. The first-order valence-electron chi connectivity index (χ1n) is 2.10. The van der Waals surface area contributed by atoms with Crippen molar-refractivity contribution < 1.29 is 0 Å². The molecular weight excluding hydrogens is 82.9 g/mol. The topological polar surface area (TPSA) is 0 Å². The highest BCUT2D eigenvalue weighted by atomic mass is 13.5. The summed E-state index contributed by atoms with van der Waals surface area (Å²) >= 11 is 0. The van der Waals surface area contributed by atoms with Crippen molar-refractivity contribution in [2.45, 2.75) is 12.6 Å². The maximum absolute atomic E-state index is 4.92. The summed E-state index contributed by atoms with van der Waals surface area (Å²) in [5, 5.41) is 0. The molecule has 7 heavy (non-hydrogen) atoms. The Morgan fingerprint density at radius 1 is 1.14 bits per heavy atom. The predicted molar refractivity (Wildman–Crippen MR) is 33.0 cm³/mol. The van der Waals surface area contributed by atoms with Gasteiger partial charge in [-0.25, -0.2) is 0 Å². The minimum atomic E-state index is 0.685. The van der Waals surface area contributed by atoms with E-state index in [1.165, 1.54) is 0 Å². The standard InChI is InChI=1S/C6H6B/c1-3-5-7-6-4-2/h1-2H,5-6H2. The lowest BCUT2D eigenvalue weighted by Crippen LogP contribution is -1.80. The van der Waals surface area contributed by atoms with Crippen molar-refractivity contribution >= 4 is 7.28 Å². The maximum Gasteiger partial charge on any atom is 0.141 e. The maximum atomic E-state index is 4.92. The molecule has 0 rings (SSSR count). The molecule has 0 N–H and O–H groups in total. The van der Waals surface area contributed by atoms with E-state index in [0.717, 1.165) is 0 Å². The highest BCUT2D eigenvalue weighted by Gasteiger charge is 1.78. The summed E-state index contributed by atoms with van der Waals surface area (Å²) < 4.78 is 0. The molecule has 1 radical (unpaired) electrons. The molecule has 0 aromatic rings. The molecule has 0 heterocycles. The summed E-state index contributed by atoms with van der Waals surface area (Å²) in [7, 11) is 1.89. The zero-order chi connectivity index (χ0) is 5.54. The molecule has 0 spiro atoms. The van der Waals surface area contributed by atoms with Crippen LogP contribution < -0.4 is 0 Å². The molecule has 0 aromatic carbocycles. The van der Waals surface area contributed by atoms with Crippen LogP contribution in [0.25, 0.3) is 0 Å². The van der Waals surface area contributed by atoms with E-state index in [-0.39, 0.29) is 0 Å². The summed E-state index contributed by atoms with van der Waals surface area (Å²) in [6, 6.07) is 0. The number of hydrogen-bond acceptors (Lipinski definition) is 0. The molecule has 0 aliphatic rings. The Morgan fingerprint density at radius 3 is 1.86 bits per heavy atom. The first-order valence-corrected chi connectivity index (χ1v) is 2.10. The molecule has 0 saturated carbocycles. The van der Waals surface area contributed by atoms with Gasteiger partial charge >= 0.3 is 0 Å². The van der Waals surface area contributed by atoms with Crippen molar-refractivity contribution in [2.75, 3.05) is 0 Å². The van der Waals surface area contributed by atoms with Gasteiger partial charge in [0.15, 0.2) is 0 Å². The molecule has 0 saturated heterocycles. The Morgan fingerprint density at radius 2 is 1.57 bits per heavy atom. The lowest BCUT2D eigenvalue weighted by molar-refractivity contribution is 1.71. The van der Waals surface area contributed by atoms with Crippen molar-refractivity contribution in [2.24, 2.45) is 0 Å². The third-order valence-electron chi connectivity index (χ3n) is 0.524. The van der Waals surface area contributed by atoms with Crippen LogP contribution in [0.15, 0.2) is 0 Å². The van der Waals surface area contributed by atoms with E-state index >= 15 is 0 Å². The van der Waals surface area contributed by atoms with Gasteiger partial charge < -0.3 is 0 Å². The van der Waals surface area contributed by atoms with Gasteiger partial charge in [0.05, 0.1) is 0 Å². The van der Waals surface area contributed by atoms with Crippen LogP contribution in [-0.2, 0) is 0 Å². The zero-order valence-corrected chi connectivity index (χ0v) is 4.15. The van der Waals surface area contributed by atoms with Gasteiger partial charge in [0.25, 0.3) is 0 Å². The van der Waals surface area contributed by atoms with Crippen LogP contribution in [-0.4, -0.2) is 7.28 Å². The Bertz CT molecular complexity index is 88.3. The van der Waals surface area contributed by atoms with Crippen molar-refractivity contribution in [1.82, 2.24) is 0 Å². The van der Waals surface area contributed by atoms with Crippen molar-refractivity contribution in [3.8, 4) is 24.7 Å². The Hall–Kier alpha value is -0.815. The van der Waals surface area contributed by atoms with Crippen LogP contribution in [0.4, 0.5) is 0 Å². The van der Waals surface area contributed by atoms with E-state index in [4.69, 9.17) is 12.8 Å². The van der Waals surface area contributed by atoms with Gasteiger partial charge in [-0.2, -0.15) is 0 Å². The van der Waals surface area contributed by atoms with Gasteiger partial charge in [0.2, 0.25) is 0 Å². The SMILES string of the molecule is C#CC[B]CC#C. The molecule has 0 aliphatic carbocycles. The number of rotatable bonds is 2. The average molecular weight is 88.9 g/mol. The van der Waals surface area contributed by atoms with E-state index in [1.54, 1.807) is 0 Å². The van der Waals surface area contributed by atoms with Gasteiger partial charge in [0.1, 0.15) is 7.28 Å². The first kappa shape index (κ1) is 6.18. The minimum Gasteiger partial charge on any atom is -0.121 e. The van der Waals surface area contributed by atoms with Gasteiger partial charge in [-0.05, 0) is 12.6 Å². The third-order valence-corrected chi connectivity index (χ3v) is 0.524. The summed E-state index contributed by atoms with van der Waals surface area (Å²) in [6.45, 7) is 0. The van der Waals surface area contributed by atoms with E-state index in [1.807, 2.05) is 7.28 Å². The van der Waals surface area contributed by atoms with Gasteiger partial charge in [0, 0.05) is 0 Å². The summed E-state index contributed by atoms with van der Waals surface area (Å²) in [5.41, 5.74) is 0. The summed E-state index contributed by atoms with van der Waals surface area (Å²) in [6.07, 6.45) is 11.2. The molecule has 1 heteroatoms. The van der Waals surface area contributed by atoms with Crippen LogP contribution in [0, 0.1) is 24.7 Å². The van der Waals surface area contributed by atoms with Crippen molar-refractivity contribution in [1.29, 1.82) is 0 Å². The molecule has 0 nitrogen and oxygen atoms in total. The predicted octanol–water partition coefficient (Wildman–Crippen LogP) is 0.794. The van der Waals surface area contributed by atoms with Crippen LogP contribution in [0.1, 0.15) is 0 Å². The number of terminal acetylenes is 2. The molecule has 0 aliphatic heterocycles. The summed E-state index contributed by atoms with van der Waals surface area (Å²) in [5.74, 6) is 4.90. The summed E-state index contributed by atoms with van der Waals surface area (Å²) in [4.78, 5) is 0. The average Bonchev–Trinajstić information content (AvgIpc) is 1.69. The Balaban J connectivity index is 2.77. The molecule has 33 valence electrons. The van der Waals surface area contributed by atoms with Crippen molar-refractivity contribution in [3.63, 3.8) is 0 Å². The molecule has 0 unspecified atom stereocenters. The largest absolute Gasteiger partial charge is 0.141 e. The second-order valence-electron chi connectivity index (χ2n) is 1.11. The third kappa shape index (κ3) is 5.18. The lowest BCUT2D eigenvalue weighted by atomic mass is 9.72. The minimum absolute atomic E-state index is 0.685. The van der Waals surface area contributed by atoms with Crippen LogP contribution in [0.5, 0.6) is 0 Å². The van der Waals surface area contributed by atoms with E-state index in [9.17, 15) is 0 Å². The molecule has 0 bridgehead atoms. The highest BCUT2D eigenvalue weighted by Crippen LogP contribution is 1.78. The fourth-order valence-corrected chi connectivity index (χ4v) is 0.239. The fraction of sp³-hybridized carbons (Fsp3) is 0.333. The normalized spacial score (nSPS) is 6.00. The first-order chi connectivity index (χ1) is 3.41. The quantitative estimate of drug-likeness (QED) is 0.266.